The Balaban J connectivity index is 1.13. The van der Waals surface area contributed by atoms with E-state index in [1.54, 1.807) is 60.7 Å². The van der Waals surface area contributed by atoms with Gasteiger partial charge < -0.3 is 33.2 Å². The Kier molecular flexibility index (Phi) is 17.0. The summed E-state index contributed by atoms with van der Waals surface area (Å²) in [6.45, 7) is 8.32. The van der Waals surface area contributed by atoms with Crippen molar-refractivity contribution in [3.8, 4) is 17.2 Å². The van der Waals surface area contributed by atoms with E-state index in [0.717, 1.165) is 37.8 Å². The normalized spacial score (nSPS) is 11.9. The zero-order chi connectivity index (χ0) is 39.3. The number of benzene rings is 3. The van der Waals surface area contributed by atoms with Gasteiger partial charge in [-0.3, -0.25) is 0 Å². The number of ether oxygens (including phenoxy) is 7. The van der Waals surface area contributed by atoms with Crippen LogP contribution in [0.5, 0.6) is 17.2 Å². The van der Waals surface area contributed by atoms with E-state index < -0.39 is 29.8 Å². The van der Waals surface area contributed by atoms with E-state index >= 15 is 0 Å². The summed E-state index contributed by atoms with van der Waals surface area (Å²) in [5, 5.41) is 0. The second-order valence-electron chi connectivity index (χ2n) is 12.1. The van der Waals surface area contributed by atoms with Crippen LogP contribution in [0, 0.1) is 0 Å². The van der Waals surface area contributed by atoms with Gasteiger partial charge in [0.25, 0.3) is 0 Å². The molecule has 1 aliphatic carbocycles. The first-order valence-electron chi connectivity index (χ1n) is 17.9. The average Bonchev–Trinajstić information content (AvgIpc) is 3.21. The van der Waals surface area contributed by atoms with Gasteiger partial charge in [-0.25, -0.2) is 24.0 Å². The first-order valence-corrected chi connectivity index (χ1v) is 17.9. The van der Waals surface area contributed by atoms with Crippen LogP contribution < -0.4 is 14.2 Å². The molecule has 1 aliphatic rings. The van der Waals surface area contributed by atoms with Crippen LogP contribution in [0.4, 0.5) is 0 Å². The topological polar surface area (TPSA) is 150 Å². The Bertz CT molecular complexity index is 1840. The fourth-order valence-electron chi connectivity index (χ4n) is 4.93. The highest BCUT2D eigenvalue weighted by Gasteiger charge is 2.18. The number of unbranched alkanes of at least 4 members (excludes halogenated alkanes) is 4. The van der Waals surface area contributed by atoms with Crippen molar-refractivity contribution in [2.24, 2.45) is 0 Å². The zero-order valence-corrected chi connectivity index (χ0v) is 30.5. The van der Waals surface area contributed by atoms with Gasteiger partial charge in [0, 0.05) is 25.0 Å². The van der Waals surface area contributed by atoms with Gasteiger partial charge in [-0.1, -0.05) is 13.2 Å². The van der Waals surface area contributed by atoms with Gasteiger partial charge in [-0.05, 0) is 123 Å². The predicted octanol–water partition coefficient (Wildman–Crippen LogP) is 8.04. The lowest BCUT2D eigenvalue weighted by molar-refractivity contribution is -0.138. The number of rotatable bonds is 22. The Morgan fingerprint density at radius 3 is 1.20 bits per heavy atom. The summed E-state index contributed by atoms with van der Waals surface area (Å²) >= 11 is 0. The van der Waals surface area contributed by atoms with Gasteiger partial charge in [0.15, 0.2) is 0 Å². The van der Waals surface area contributed by atoms with Crippen molar-refractivity contribution in [1.82, 2.24) is 0 Å². The van der Waals surface area contributed by atoms with Crippen LogP contribution >= 0.6 is 0 Å². The largest absolute Gasteiger partial charge is 0.494 e. The van der Waals surface area contributed by atoms with Crippen molar-refractivity contribution >= 4 is 29.8 Å². The maximum absolute atomic E-state index is 12.8. The Labute approximate surface area is 320 Å². The monoisotopic (exact) mass is 752 g/mol. The third-order valence-electron chi connectivity index (χ3n) is 7.94. The summed E-state index contributed by atoms with van der Waals surface area (Å²) < 4.78 is 37.8. The molecule has 0 N–H and O–H groups in total. The summed E-state index contributed by atoms with van der Waals surface area (Å²) in [5.74, 6) is -0.202. The molecule has 0 radical (unpaired) electrons. The SMILES string of the molecule is C=CC(=O)OCCCCCCOc1ccc(C(=O)OC2=CC=C(OC(=O)c3ccc(OC(=O)c4ccc(OCCCCOC(=O)C=C)cc4)cc3)CC2)cc1. The molecule has 4 rings (SSSR count). The van der Waals surface area contributed by atoms with Crippen molar-refractivity contribution in [2.75, 3.05) is 26.4 Å². The minimum absolute atomic E-state index is 0.251. The summed E-state index contributed by atoms with van der Waals surface area (Å²) in [6, 6.07) is 19.2. The number of hydrogen-bond acceptors (Lipinski definition) is 12. The lowest BCUT2D eigenvalue weighted by Gasteiger charge is -2.15. The molecule has 12 nitrogen and oxygen atoms in total. The van der Waals surface area contributed by atoms with Gasteiger partial charge in [-0.2, -0.15) is 0 Å². The van der Waals surface area contributed by atoms with Crippen LogP contribution in [-0.4, -0.2) is 56.3 Å². The second kappa shape index (κ2) is 22.6. The molecular weight excluding hydrogens is 708 g/mol. The third kappa shape index (κ3) is 14.8. The minimum atomic E-state index is -0.583. The average molecular weight is 753 g/mol. The zero-order valence-electron chi connectivity index (χ0n) is 30.5. The quantitative estimate of drug-likeness (QED) is 0.0321. The molecule has 0 aromatic heterocycles. The lowest BCUT2D eigenvalue weighted by atomic mass is 10.1. The Morgan fingerprint density at radius 1 is 0.455 bits per heavy atom. The van der Waals surface area contributed by atoms with Gasteiger partial charge >= 0.3 is 29.8 Å². The van der Waals surface area contributed by atoms with Crippen molar-refractivity contribution in [3.05, 3.63) is 138 Å². The Morgan fingerprint density at radius 2 is 0.800 bits per heavy atom. The standard InChI is InChI=1S/C43H44O12/c1-3-39(44)51-29-8-6-5-7-27-49-34-17-11-32(12-18-34)42(47)54-37-23-25-38(26-24-37)55-43(48)33-15-21-36(22-16-33)53-41(46)31-13-19-35(20-14-31)50-28-9-10-30-52-40(45)4-2/h3-4,11-23,25H,1-2,5-10,24,26-30H2. The van der Waals surface area contributed by atoms with Gasteiger partial charge in [-0.15, -0.1) is 0 Å². The Hall–Kier alpha value is -6.43. The molecule has 55 heavy (non-hydrogen) atoms. The number of carbonyl (C=O) groups is 5. The predicted molar refractivity (Wildman–Crippen MR) is 202 cm³/mol. The van der Waals surface area contributed by atoms with Crippen LogP contribution in [0.2, 0.25) is 0 Å². The maximum atomic E-state index is 12.8. The molecule has 0 saturated carbocycles. The van der Waals surface area contributed by atoms with E-state index in [-0.39, 0.29) is 17.9 Å². The number of esters is 5. The molecular formula is C43H44O12. The molecule has 0 atom stereocenters. The lowest BCUT2D eigenvalue weighted by Crippen LogP contribution is -2.11. The van der Waals surface area contributed by atoms with Crippen LogP contribution in [0.1, 0.15) is 82.4 Å². The molecule has 0 fully saturated rings. The van der Waals surface area contributed by atoms with E-state index in [2.05, 4.69) is 13.2 Å². The van der Waals surface area contributed by atoms with Crippen LogP contribution in [0.15, 0.2) is 122 Å². The molecule has 0 heterocycles. The first-order chi connectivity index (χ1) is 26.7. The van der Waals surface area contributed by atoms with Crippen LogP contribution in [0.3, 0.4) is 0 Å². The molecule has 12 heteroatoms. The first kappa shape index (κ1) is 41.3. The molecule has 0 aliphatic heterocycles. The van der Waals surface area contributed by atoms with E-state index in [9.17, 15) is 24.0 Å². The summed E-state index contributed by atoms with van der Waals surface area (Å²) in [4.78, 5) is 60.2. The number of allylic oxidation sites excluding steroid dienone is 4. The molecule has 3 aromatic rings. The van der Waals surface area contributed by atoms with Crippen LogP contribution in [0.25, 0.3) is 0 Å². The highest BCUT2D eigenvalue weighted by atomic mass is 16.6. The third-order valence-corrected chi connectivity index (χ3v) is 7.94. The number of carbonyl (C=O) groups excluding carboxylic acids is 5. The highest BCUT2D eigenvalue weighted by molar-refractivity contribution is 5.92. The highest BCUT2D eigenvalue weighted by Crippen LogP contribution is 2.24. The molecule has 288 valence electrons. The number of hydrogen-bond donors (Lipinski definition) is 0. The van der Waals surface area contributed by atoms with Crippen molar-refractivity contribution < 1.29 is 57.1 Å². The van der Waals surface area contributed by atoms with Gasteiger partial charge in [0.05, 0.1) is 43.1 Å². The van der Waals surface area contributed by atoms with Gasteiger partial charge in [0.2, 0.25) is 0 Å². The van der Waals surface area contributed by atoms with E-state index in [1.807, 2.05) is 0 Å². The van der Waals surface area contributed by atoms with E-state index in [0.29, 0.717) is 79.6 Å². The minimum Gasteiger partial charge on any atom is -0.494 e. The van der Waals surface area contributed by atoms with Crippen molar-refractivity contribution in [2.45, 2.75) is 51.4 Å². The van der Waals surface area contributed by atoms with E-state index in [1.165, 1.54) is 24.3 Å². The van der Waals surface area contributed by atoms with Gasteiger partial charge in [0.1, 0.15) is 28.8 Å². The van der Waals surface area contributed by atoms with Crippen LogP contribution in [-0.2, 0) is 28.5 Å². The van der Waals surface area contributed by atoms with Crippen molar-refractivity contribution in [1.29, 1.82) is 0 Å². The smallest absolute Gasteiger partial charge is 0.343 e. The van der Waals surface area contributed by atoms with Crippen molar-refractivity contribution in [3.63, 3.8) is 0 Å². The summed E-state index contributed by atoms with van der Waals surface area (Å²) in [6.07, 6.45) is 11.0. The molecule has 0 bridgehead atoms. The molecule has 0 amide bonds. The molecule has 0 unspecified atom stereocenters. The molecule has 0 spiro atoms. The van der Waals surface area contributed by atoms with E-state index in [4.69, 9.17) is 33.2 Å². The fraction of sp³-hybridized carbons (Fsp3) is 0.279. The summed E-state index contributed by atoms with van der Waals surface area (Å²) in [7, 11) is 0. The maximum Gasteiger partial charge on any atom is 0.343 e. The molecule has 3 aromatic carbocycles. The second-order valence-corrected chi connectivity index (χ2v) is 12.1. The summed E-state index contributed by atoms with van der Waals surface area (Å²) in [5.41, 5.74) is 0.952. The molecule has 0 saturated heterocycles. The fourth-order valence-corrected chi connectivity index (χ4v) is 4.93.